The first-order chi connectivity index (χ1) is 16.4. The molecule has 0 spiro atoms. The lowest BCUT2D eigenvalue weighted by Crippen LogP contribution is -2.03. The number of fused-ring (bicyclic) bond motifs is 1. The number of aryl methyl sites for hydroxylation is 1. The minimum absolute atomic E-state index is 0.164. The Morgan fingerprint density at radius 1 is 0.971 bits per heavy atom. The number of nitrogens with zero attached hydrogens (tertiary/aromatic N) is 5. The highest BCUT2D eigenvalue weighted by Gasteiger charge is 2.18. The summed E-state index contributed by atoms with van der Waals surface area (Å²) in [4.78, 5) is 9.61. The zero-order valence-electron chi connectivity index (χ0n) is 19.5. The quantitative estimate of drug-likeness (QED) is 0.341. The van der Waals surface area contributed by atoms with E-state index in [-0.39, 0.29) is 11.9 Å². The molecule has 0 unspecified atom stereocenters. The van der Waals surface area contributed by atoms with Crippen LogP contribution in [0.3, 0.4) is 0 Å². The third-order valence-corrected chi connectivity index (χ3v) is 5.67. The molecular formula is C26H25FN6O. The number of anilines is 2. The zero-order chi connectivity index (χ0) is 23.8. The van der Waals surface area contributed by atoms with E-state index in [9.17, 15) is 4.39 Å². The van der Waals surface area contributed by atoms with Gasteiger partial charge in [-0.1, -0.05) is 6.07 Å². The number of pyridine rings is 1. The number of methoxy groups -OCH3 is 1. The van der Waals surface area contributed by atoms with Gasteiger partial charge in [-0.05, 0) is 62.4 Å². The van der Waals surface area contributed by atoms with E-state index in [1.165, 1.54) is 12.1 Å². The lowest BCUT2D eigenvalue weighted by Gasteiger charge is -2.13. The summed E-state index contributed by atoms with van der Waals surface area (Å²) in [6.45, 7) is 4.22. The molecule has 0 bridgehead atoms. The fourth-order valence-corrected chi connectivity index (χ4v) is 4.13. The van der Waals surface area contributed by atoms with Crippen molar-refractivity contribution in [1.29, 1.82) is 0 Å². The molecule has 5 aromatic rings. The standard InChI is InChI=1S/C26H25FN6O/c1-16(2)33-22-7-5-6-21(24(22)31-25(33)17-8-10-19(27)11-9-17)29-23-13-12-20(26(30-23)34-4)18-14-28-32(3)15-18/h5-16H,1-4H3,(H,29,30). The first kappa shape index (κ1) is 21.6. The summed E-state index contributed by atoms with van der Waals surface area (Å²) in [5.74, 6) is 1.66. The number of para-hydroxylation sites is 1. The highest BCUT2D eigenvalue weighted by molar-refractivity contribution is 5.93. The first-order valence-electron chi connectivity index (χ1n) is 11.0. The molecule has 0 aliphatic carbocycles. The Bertz CT molecular complexity index is 1470. The van der Waals surface area contributed by atoms with Crippen molar-refractivity contribution in [3.05, 3.63) is 72.8 Å². The molecule has 0 fully saturated rings. The summed E-state index contributed by atoms with van der Waals surface area (Å²) in [6.07, 6.45) is 3.70. The van der Waals surface area contributed by atoms with E-state index < -0.39 is 0 Å². The van der Waals surface area contributed by atoms with Crippen molar-refractivity contribution in [2.75, 3.05) is 12.4 Å². The minimum atomic E-state index is -0.270. The van der Waals surface area contributed by atoms with Gasteiger partial charge in [0.25, 0.3) is 0 Å². The van der Waals surface area contributed by atoms with Crippen LogP contribution in [-0.4, -0.2) is 31.4 Å². The monoisotopic (exact) mass is 456 g/mol. The molecule has 172 valence electrons. The number of rotatable bonds is 6. The van der Waals surface area contributed by atoms with Gasteiger partial charge in [-0.25, -0.2) is 9.37 Å². The van der Waals surface area contributed by atoms with Crippen LogP contribution < -0.4 is 10.1 Å². The molecule has 0 radical (unpaired) electrons. The summed E-state index contributed by atoms with van der Waals surface area (Å²) in [5, 5.41) is 7.63. The molecule has 0 aliphatic rings. The average Bonchev–Trinajstić information content (AvgIpc) is 3.44. The third kappa shape index (κ3) is 3.87. The number of imidazole rings is 1. The van der Waals surface area contributed by atoms with E-state index in [4.69, 9.17) is 9.72 Å². The second-order valence-corrected chi connectivity index (χ2v) is 8.36. The molecule has 7 nitrogen and oxygen atoms in total. The minimum Gasteiger partial charge on any atom is -0.480 e. The van der Waals surface area contributed by atoms with Crippen LogP contribution in [0.1, 0.15) is 19.9 Å². The molecule has 5 rings (SSSR count). The summed E-state index contributed by atoms with van der Waals surface area (Å²) < 4.78 is 23.0. The van der Waals surface area contributed by atoms with Gasteiger partial charge in [0.15, 0.2) is 0 Å². The van der Waals surface area contributed by atoms with E-state index in [0.29, 0.717) is 11.7 Å². The highest BCUT2D eigenvalue weighted by Crippen LogP contribution is 2.34. The topological polar surface area (TPSA) is 69.8 Å². The lowest BCUT2D eigenvalue weighted by atomic mass is 10.1. The number of hydrogen-bond acceptors (Lipinski definition) is 5. The van der Waals surface area contributed by atoms with Crippen LogP contribution in [0.4, 0.5) is 15.9 Å². The van der Waals surface area contributed by atoms with Gasteiger partial charge in [0, 0.05) is 36.0 Å². The summed E-state index contributed by atoms with van der Waals surface area (Å²) in [6, 6.07) is 16.5. The molecule has 1 N–H and O–H groups in total. The lowest BCUT2D eigenvalue weighted by molar-refractivity contribution is 0.400. The molecule has 8 heteroatoms. The van der Waals surface area contributed by atoms with Crippen LogP contribution >= 0.6 is 0 Å². The van der Waals surface area contributed by atoms with Crippen LogP contribution in [0.2, 0.25) is 0 Å². The molecule has 0 aliphatic heterocycles. The van der Waals surface area contributed by atoms with Gasteiger partial charge in [0.2, 0.25) is 5.88 Å². The van der Waals surface area contributed by atoms with Crippen molar-refractivity contribution < 1.29 is 9.13 Å². The van der Waals surface area contributed by atoms with Crippen LogP contribution in [-0.2, 0) is 7.05 Å². The number of ether oxygens (including phenoxy) is 1. The Labute approximate surface area is 196 Å². The summed E-state index contributed by atoms with van der Waals surface area (Å²) >= 11 is 0. The van der Waals surface area contributed by atoms with E-state index in [1.54, 1.807) is 30.1 Å². The third-order valence-electron chi connectivity index (χ3n) is 5.67. The van der Waals surface area contributed by atoms with Crippen LogP contribution in [0, 0.1) is 5.82 Å². The Kier molecular flexibility index (Phi) is 5.49. The van der Waals surface area contributed by atoms with Crippen LogP contribution in [0.5, 0.6) is 5.88 Å². The fourth-order valence-electron chi connectivity index (χ4n) is 4.13. The second-order valence-electron chi connectivity index (χ2n) is 8.36. The van der Waals surface area contributed by atoms with Crippen molar-refractivity contribution >= 4 is 22.5 Å². The number of aromatic nitrogens is 5. The average molecular weight is 457 g/mol. The smallest absolute Gasteiger partial charge is 0.223 e. The van der Waals surface area contributed by atoms with E-state index in [2.05, 4.69) is 33.8 Å². The van der Waals surface area contributed by atoms with Gasteiger partial charge >= 0.3 is 0 Å². The Balaban J connectivity index is 1.57. The summed E-state index contributed by atoms with van der Waals surface area (Å²) in [7, 11) is 3.47. The Hall–Kier alpha value is -4.20. The normalized spacial score (nSPS) is 11.4. The largest absolute Gasteiger partial charge is 0.480 e. The molecule has 0 amide bonds. The predicted octanol–water partition coefficient (Wildman–Crippen LogP) is 5.97. The van der Waals surface area contributed by atoms with Crippen molar-refractivity contribution in [2.24, 2.45) is 7.05 Å². The van der Waals surface area contributed by atoms with E-state index in [0.717, 1.165) is 39.2 Å². The van der Waals surface area contributed by atoms with Gasteiger partial charge in [-0.2, -0.15) is 10.1 Å². The molecular weight excluding hydrogens is 431 g/mol. The van der Waals surface area contributed by atoms with Crippen molar-refractivity contribution in [2.45, 2.75) is 19.9 Å². The van der Waals surface area contributed by atoms with Gasteiger partial charge in [-0.3, -0.25) is 4.68 Å². The second kappa shape index (κ2) is 8.62. The van der Waals surface area contributed by atoms with Gasteiger partial charge < -0.3 is 14.6 Å². The number of halogens is 1. The first-order valence-corrected chi connectivity index (χ1v) is 11.0. The van der Waals surface area contributed by atoms with Crippen LogP contribution in [0.15, 0.2) is 67.0 Å². The molecule has 3 heterocycles. The molecule has 0 atom stereocenters. The van der Waals surface area contributed by atoms with Crippen LogP contribution in [0.25, 0.3) is 33.5 Å². The molecule has 0 saturated heterocycles. The molecule has 34 heavy (non-hydrogen) atoms. The maximum atomic E-state index is 13.5. The van der Waals surface area contributed by atoms with Crippen molar-refractivity contribution in [3.63, 3.8) is 0 Å². The van der Waals surface area contributed by atoms with Gasteiger partial charge in [0.05, 0.1) is 24.5 Å². The summed E-state index contributed by atoms with van der Waals surface area (Å²) in [5.41, 5.74) is 5.27. The maximum Gasteiger partial charge on any atom is 0.223 e. The molecule has 0 saturated carbocycles. The van der Waals surface area contributed by atoms with E-state index in [1.807, 2.05) is 43.6 Å². The highest BCUT2D eigenvalue weighted by atomic mass is 19.1. The zero-order valence-corrected chi connectivity index (χ0v) is 19.5. The number of benzene rings is 2. The maximum absolute atomic E-state index is 13.5. The fraction of sp³-hybridized carbons (Fsp3) is 0.192. The molecule has 2 aromatic carbocycles. The number of hydrogen-bond donors (Lipinski definition) is 1. The predicted molar refractivity (Wildman–Crippen MR) is 132 cm³/mol. The van der Waals surface area contributed by atoms with Crippen molar-refractivity contribution in [3.8, 4) is 28.4 Å². The number of nitrogens with one attached hydrogen (secondary N) is 1. The van der Waals surface area contributed by atoms with Crippen molar-refractivity contribution in [1.82, 2.24) is 24.3 Å². The Morgan fingerprint density at radius 3 is 2.44 bits per heavy atom. The van der Waals surface area contributed by atoms with Gasteiger partial charge in [0.1, 0.15) is 23.0 Å². The SMILES string of the molecule is COc1nc(Nc2cccc3c2nc(-c2ccc(F)cc2)n3C(C)C)ccc1-c1cnn(C)c1. The Morgan fingerprint density at radius 2 is 1.76 bits per heavy atom. The van der Waals surface area contributed by atoms with Gasteiger partial charge in [-0.15, -0.1) is 0 Å². The van der Waals surface area contributed by atoms with E-state index >= 15 is 0 Å². The molecule has 3 aromatic heterocycles.